The van der Waals surface area contributed by atoms with Crippen LogP contribution in [0.3, 0.4) is 0 Å². The molecule has 0 unspecified atom stereocenters. The molecule has 0 heterocycles. The van der Waals surface area contributed by atoms with Crippen LogP contribution in [0.25, 0.3) is 0 Å². The molecule has 0 aliphatic rings. The first-order valence-corrected chi connectivity index (χ1v) is 50.5. The number of rotatable bonds is 16. The summed E-state index contributed by atoms with van der Waals surface area (Å²) in [7, 11) is -8.03. The summed E-state index contributed by atoms with van der Waals surface area (Å²) in [6.45, 7) is 63.4. The molecular formula is C49H87GeNSSeSi6. The van der Waals surface area contributed by atoms with Gasteiger partial charge in [-0.15, -0.1) is 0 Å². The SMILES string of the molecule is CC(C)c1cc(C(C)C)[c]([Ge]([S]C([Se])=Nc2ccccc2)[c]2c(C([Si](C)(C)C)[Si](C)(C)C)cc(C([Si](C)(C)C)[Si](C)(C)C)cc2C([Si](C)(C)C)[Si](C)(C)C)c(C(C)C)c1. The molecule has 3 aromatic carbocycles. The Morgan fingerprint density at radius 2 is 0.780 bits per heavy atom. The molecule has 3 rings (SSSR count). The van der Waals surface area contributed by atoms with Gasteiger partial charge in [0.1, 0.15) is 0 Å². The fourth-order valence-corrected chi connectivity index (χ4v) is 64.6. The van der Waals surface area contributed by atoms with Crippen molar-refractivity contribution in [1.82, 2.24) is 0 Å². The van der Waals surface area contributed by atoms with Crippen molar-refractivity contribution in [2.75, 3.05) is 0 Å². The summed E-state index contributed by atoms with van der Waals surface area (Å²) < 4.78 is 4.70. The van der Waals surface area contributed by atoms with Gasteiger partial charge >= 0.3 is 392 Å². The zero-order chi connectivity index (χ0) is 45.6. The summed E-state index contributed by atoms with van der Waals surface area (Å²) in [5.41, 5.74) is 11.1. The van der Waals surface area contributed by atoms with Crippen LogP contribution in [0.2, 0.25) is 118 Å². The van der Waals surface area contributed by atoms with Gasteiger partial charge < -0.3 is 0 Å². The van der Waals surface area contributed by atoms with Crippen LogP contribution >= 0.6 is 10.1 Å². The van der Waals surface area contributed by atoms with Crippen LogP contribution in [-0.4, -0.2) is 81.6 Å². The molecule has 2 radical (unpaired) electrons. The number of para-hydroxylation sites is 1. The van der Waals surface area contributed by atoms with Gasteiger partial charge in [-0.25, -0.2) is 0 Å². The van der Waals surface area contributed by atoms with Gasteiger partial charge in [0.15, 0.2) is 0 Å². The van der Waals surface area contributed by atoms with Crippen LogP contribution in [0, 0.1) is 0 Å². The third-order valence-electron chi connectivity index (χ3n) is 12.1. The maximum absolute atomic E-state index is 5.41. The first-order valence-electron chi connectivity index (χ1n) is 22.7. The average molecular weight is 1040 g/mol. The summed E-state index contributed by atoms with van der Waals surface area (Å²) in [5, 5.41) is 1.99. The summed E-state index contributed by atoms with van der Waals surface area (Å²) >= 11 is 1.02. The van der Waals surface area contributed by atoms with E-state index in [-0.39, 0.29) is 0 Å². The first-order chi connectivity index (χ1) is 26.5. The van der Waals surface area contributed by atoms with E-state index in [0.29, 0.717) is 33.2 Å². The number of hydrogen-bond acceptors (Lipinski definition) is 2. The van der Waals surface area contributed by atoms with Crippen molar-refractivity contribution < 1.29 is 0 Å². The number of aliphatic imine (C=N–C) groups is 1. The van der Waals surface area contributed by atoms with Crippen molar-refractivity contribution >= 4 is 106 Å². The van der Waals surface area contributed by atoms with Crippen molar-refractivity contribution in [3.8, 4) is 0 Å². The molecule has 0 aliphatic carbocycles. The topological polar surface area (TPSA) is 12.4 Å². The molecule has 0 saturated carbocycles. The van der Waals surface area contributed by atoms with Crippen LogP contribution in [0.4, 0.5) is 5.69 Å². The Kier molecular flexibility index (Phi) is 17.8. The van der Waals surface area contributed by atoms with E-state index in [2.05, 4.69) is 240 Å². The molecule has 0 atom stereocenters. The molecule has 0 fully saturated rings. The third-order valence-corrected chi connectivity index (χ3v) is 52.2. The fourth-order valence-electron chi connectivity index (χ4n) is 11.5. The van der Waals surface area contributed by atoms with Gasteiger partial charge in [0.2, 0.25) is 0 Å². The minimum atomic E-state index is -2.59. The molecule has 0 aromatic heterocycles. The summed E-state index contributed by atoms with van der Waals surface area (Å²) in [6, 6.07) is 21.9. The first kappa shape index (κ1) is 53.4. The summed E-state index contributed by atoms with van der Waals surface area (Å²) in [6.07, 6.45) is 0. The molecule has 10 heteroatoms. The minimum absolute atomic E-state index is 0.434. The zero-order valence-corrected chi connectivity index (χ0v) is 53.1. The van der Waals surface area contributed by atoms with Crippen molar-refractivity contribution in [2.24, 2.45) is 4.99 Å². The van der Waals surface area contributed by atoms with E-state index in [9.17, 15) is 0 Å². The molecule has 0 N–H and O–H groups in total. The van der Waals surface area contributed by atoms with Gasteiger partial charge in [-0.05, 0) is 0 Å². The van der Waals surface area contributed by atoms with E-state index < -0.39 is 61.6 Å². The predicted octanol–water partition coefficient (Wildman–Crippen LogP) is 15.3. The number of benzene rings is 3. The van der Waals surface area contributed by atoms with Crippen molar-refractivity contribution in [1.29, 1.82) is 0 Å². The van der Waals surface area contributed by atoms with E-state index in [1.807, 2.05) is 15.5 Å². The second kappa shape index (κ2) is 19.6. The molecule has 59 heavy (non-hydrogen) atoms. The maximum atomic E-state index is 5.41. The van der Waals surface area contributed by atoms with E-state index in [0.717, 1.165) is 9.63 Å². The summed E-state index contributed by atoms with van der Waals surface area (Å²) in [5.74, 6) is 1.36. The monoisotopic (exact) mass is 1040 g/mol. The van der Waals surface area contributed by atoms with Gasteiger partial charge in [-0.2, -0.15) is 0 Å². The second-order valence-corrected chi connectivity index (χ2v) is 67.7. The Labute approximate surface area is 388 Å². The van der Waals surface area contributed by atoms with Gasteiger partial charge in [0.05, 0.1) is 0 Å². The van der Waals surface area contributed by atoms with Crippen LogP contribution in [0.5, 0.6) is 0 Å². The quantitative estimate of drug-likeness (QED) is 0.0791. The molecule has 3 aromatic rings. The van der Waals surface area contributed by atoms with Crippen LogP contribution in [0.15, 0.2) is 59.6 Å². The summed E-state index contributed by atoms with van der Waals surface area (Å²) in [4.78, 5) is 5.41. The Hall–Kier alpha value is 0.0436. The van der Waals surface area contributed by atoms with Gasteiger partial charge in [0, 0.05) is 0 Å². The van der Waals surface area contributed by atoms with E-state index in [4.69, 9.17) is 4.99 Å². The fraction of sp³-hybridized carbons (Fsp3) is 0.612. The molecular weight excluding hydrogens is 955 g/mol. The van der Waals surface area contributed by atoms with Crippen molar-refractivity contribution in [3.05, 3.63) is 88.0 Å². The Morgan fingerprint density at radius 3 is 1.08 bits per heavy atom. The third kappa shape index (κ3) is 13.5. The molecule has 0 spiro atoms. The van der Waals surface area contributed by atoms with Crippen LogP contribution in [0.1, 0.15) is 108 Å². The van der Waals surface area contributed by atoms with Crippen LogP contribution < -0.4 is 8.79 Å². The van der Waals surface area contributed by atoms with Gasteiger partial charge in [0.25, 0.3) is 0 Å². The molecule has 328 valence electrons. The number of nitrogens with zero attached hydrogens (tertiary/aromatic N) is 1. The number of hydrogen-bond donors (Lipinski definition) is 0. The molecule has 1 nitrogen and oxygen atoms in total. The molecule has 0 aliphatic heterocycles. The molecule has 0 amide bonds. The van der Waals surface area contributed by atoms with Crippen molar-refractivity contribution in [2.45, 2.75) is 193 Å². The van der Waals surface area contributed by atoms with Crippen LogP contribution in [-0.2, 0) is 0 Å². The Bertz CT molecular complexity index is 1800. The Morgan fingerprint density at radius 1 is 0.458 bits per heavy atom. The zero-order valence-electron chi connectivity index (χ0n) is 42.4. The second-order valence-electron chi connectivity index (χ2n) is 25.3. The molecule has 0 saturated heterocycles. The average Bonchev–Trinajstić information content (AvgIpc) is 2.99. The molecule has 0 bridgehead atoms. The normalized spacial score (nSPS) is 14.4. The van der Waals surface area contributed by atoms with Gasteiger partial charge in [-0.1, -0.05) is 0 Å². The van der Waals surface area contributed by atoms with E-state index in [1.54, 1.807) is 21.1 Å². The Balaban J connectivity index is 2.97. The van der Waals surface area contributed by atoms with Gasteiger partial charge in [-0.3, -0.25) is 0 Å². The van der Waals surface area contributed by atoms with E-state index >= 15 is 0 Å². The predicted molar refractivity (Wildman–Crippen MR) is 295 cm³/mol. The van der Waals surface area contributed by atoms with E-state index in [1.165, 1.54) is 5.56 Å². The van der Waals surface area contributed by atoms with Crippen molar-refractivity contribution in [3.63, 3.8) is 0 Å². The standard InChI is InChI=1S/C49H87GeNSSeSi6/c1-34(2)37-30-40(35(3)4)44(41(31-37)36(5)6)50(52-49(53)51-39-28-26-25-27-29-39)45-42(47(56(13,14)15)57(16,17)18)32-38(46(54(7,8)9)55(10,11)12)33-43(45)48(58(19,20)21)59(22,23)24/h25-36,46-48H,1-24H3.